The molecule has 0 amide bonds. The number of para-hydroxylation sites is 1. The van der Waals surface area contributed by atoms with Gasteiger partial charge in [-0.05, 0) is 18.2 Å². The maximum absolute atomic E-state index is 12.9. The van der Waals surface area contributed by atoms with Crippen LogP contribution in [0.25, 0.3) is 33.4 Å². The number of H-pyrrole nitrogens is 1. The van der Waals surface area contributed by atoms with E-state index in [9.17, 15) is 4.79 Å². The third-order valence-electron chi connectivity index (χ3n) is 3.72. The Balaban J connectivity index is 2.14. The number of rotatable bonds is 2. The van der Waals surface area contributed by atoms with Crippen LogP contribution in [0.5, 0.6) is 0 Å². The molecule has 0 unspecified atom stereocenters. The summed E-state index contributed by atoms with van der Waals surface area (Å²) in [4.78, 5) is 15.9. The Kier molecular flexibility index (Phi) is 2.90. The molecule has 2 aromatic heterocycles. The zero-order valence-corrected chi connectivity index (χ0v) is 11.7. The summed E-state index contributed by atoms with van der Waals surface area (Å²) in [7, 11) is 0. The molecule has 0 saturated heterocycles. The molecule has 0 saturated carbocycles. The van der Waals surface area contributed by atoms with Crippen LogP contribution in [0, 0.1) is 0 Å². The van der Waals surface area contributed by atoms with Crippen molar-refractivity contribution in [3.05, 3.63) is 83.3 Å². The second-order valence-electron chi connectivity index (χ2n) is 5.10. The summed E-state index contributed by atoms with van der Waals surface area (Å²) in [6.45, 7) is 0. The lowest BCUT2D eigenvalue weighted by Gasteiger charge is -2.09. The van der Waals surface area contributed by atoms with Crippen LogP contribution in [0.4, 0.5) is 0 Å². The van der Waals surface area contributed by atoms with Crippen LogP contribution in [-0.4, -0.2) is 4.98 Å². The Morgan fingerprint density at radius 1 is 0.818 bits per heavy atom. The molecule has 106 valence electrons. The van der Waals surface area contributed by atoms with Crippen LogP contribution in [0.1, 0.15) is 0 Å². The van der Waals surface area contributed by atoms with Crippen molar-refractivity contribution in [1.29, 1.82) is 0 Å². The van der Waals surface area contributed by atoms with E-state index in [1.54, 1.807) is 12.3 Å². The van der Waals surface area contributed by atoms with Crippen molar-refractivity contribution in [2.75, 3.05) is 0 Å². The molecule has 1 N–H and O–H groups in total. The lowest BCUT2D eigenvalue weighted by molar-refractivity contribution is 0.621. The summed E-state index contributed by atoms with van der Waals surface area (Å²) in [5, 5.41) is 0.596. The number of hydrogen-bond donors (Lipinski definition) is 1. The van der Waals surface area contributed by atoms with E-state index in [1.807, 2.05) is 60.8 Å². The van der Waals surface area contributed by atoms with Gasteiger partial charge in [0.2, 0.25) is 5.43 Å². The van der Waals surface area contributed by atoms with Gasteiger partial charge in [0.05, 0.1) is 10.9 Å². The predicted octanol–water partition coefficient (Wildman–Crippen LogP) is 4.46. The first-order chi connectivity index (χ1) is 10.8. The van der Waals surface area contributed by atoms with Gasteiger partial charge in [0.15, 0.2) is 0 Å². The summed E-state index contributed by atoms with van der Waals surface area (Å²) >= 11 is 0. The first-order valence-corrected chi connectivity index (χ1v) is 7.09. The first-order valence-electron chi connectivity index (χ1n) is 7.09. The lowest BCUT2D eigenvalue weighted by Crippen LogP contribution is -2.06. The van der Waals surface area contributed by atoms with E-state index in [2.05, 4.69) is 4.98 Å². The smallest absolute Gasteiger partial charge is 0.201 e. The highest BCUT2D eigenvalue weighted by Crippen LogP contribution is 2.32. The summed E-state index contributed by atoms with van der Waals surface area (Å²) < 4.78 is 6.07. The van der Waals surface area contributed by atoms with Crippen molar-refractivity contribution < 1.29 is 4.42 Å². The zero-order chi connectivity index (χ0) is 14.9. The second-order valence-corrected chi connectivity index (χ2v) is 5.10. The molecule has 0 aliphatic heterocycles. The van der Waals surface area contributed by atoms with E-state index in [1.165, 1.54) is 0 Å². The van der Waals surface area contributed by atoms with E-state index in [4.69, 9.17) is 4.42 Å². The highest BCUT2D eigenvalue weighted by molar-refractivity contribution is 5.88. The van der Waals surface area contributed by atoms with Gasteiger partial charge in [0.25, 0.3) is 0 Å². The minimum absolute atomic E-state index is 0.0136. The van der Waals surface area contributed by atoms with E-state index >= 15 is 0 Å². The van der Waals surface area contributed by atoms with Crippen LogP contribution in [0.2, 0.25) is 0 Å². The topological polar surface area (TPSA) is 46.0 Å². The number of hydrogen-bond acceptors (Lipinski definition) is 2. The van der Waals surface area contributed by atoms with Gasteiger partial charge in [-0.15, -0.1) is 0 Å². The van der Waals surface area contributed by atoms with Gasteiger partial charge in [-0.2, -0.15) is 0 Å². The highest BCUT2D eigenvalue weighted by atomic mass is 16.3. The molecule has 0 bridgehead atoms. The van der Waals surface area contributed by atoms with E-state index in [0.29, 0.717) is 22.3 Å². The number of nitrogens with one attached hydrogen (secondary N) is 1. The van der Waals surface area contributed by atoms with Crippen LogP contribution in [-0.2, 0) is 0 Å². The van der Waals surface area contributed by atoms with Crippen molar-refractivity contribution in [3.63, 3.8) is 0 Å². The Morgan fingerprint density at radius 3 is 2.36 bits per heavy atom. The molecule has 22 heavy (non-hydrogen) atoms. The zero-order valence-electron chi connectivity index (χ0n) is 11.7. The number of benzene rings is 2. The molecule has 0 radical (unpaired) electrons. The summed E-state index contributed by atoms with van der Waals surface area (Å²) in [5.41, 5.74) is 2.90. The summed E-state index contributed by atoms with van der Waals surface area (Å²) in [5.74, 6) is 0.601. The maximum atomic E-state index is 12.9. The molecule has 3 nitrogen and oxygen atoms in total. The molecule has 0 atom stereocenters. The number of fused-ring (bicyclic) bond motifs is 1. The monoisotopic (exact) mass is 287 g/mol. The van der Waals surface area contributed by atoms with Crippen molar-refractivity contribution >= 4 is 11.0 Å². The first kappa shape index (κ1) is 12.7. The average Bonchev–Trinajstić information content (AvgIpc) is 3.10. The SMILES string of the molecule is O=c1c(-c2cc[nH]c2)c(-c2ccccc2)oc2ccccc12. The van der Waals surface area contributed by atoms with Crippen LogP contribution < -0.4 is 5.43 Å². The van der Waals surface area contributed by atoms with Gasteiger partial charge in [0, 0.05) is 23.5 Å². The normalized spacial score (nSPS) is 10.9. The Bertz CT molecular complexity index is 983. The molecule has 3 heteroatoms. The van der Waals surface area contributed by atoms with Gasteiger partial charge in [-0.3, -0.25) is 4.79 Å². The van der Waals surface area contributed by atoms with Crippen molar-refractivity contribution in [2.45, 2.75) is 0 Å². The molecule has 4 rings (SSSR count). The molecule has 0 aliphatic rings. The predicted molar refractivity (Wildman–Crippen MR) is 87.7 cm³/mol. The largest absolute Gasteiger partial charge is 0.455 e. The maximum Gasteiger partial charge on any atom is 0.201 e. The fourth-order valence-electron chi connectivity index (χ4n) is 2.68. The molecule has 2 heterocycles. The Hall–Kier alpha value is -3.07. The van der Waals surface area contributed by atoms with Crippen LogP contribution in [0.15, 0.2) is 82.3 Å². The third-order valence-corrected chi connectivity index (χ3v) is 3.72. The summed E-state index contributed by atoms with van der Waals surface area (Å²) in [6.07, 6.45) is 3.62. The number of aromatic nitrogens is 1. The van der Waals surface area contributed by atoms with Gasteiger partial charge in [-0.25, -0.2) is 0 Å². The molecule has 2 aromatic carbocycles. The van der Waals surface area contributed by atoms with E-state index < -0.39 is 0 Å². The van der Waals surface area contributed by atoms with Crippen LogP contribution >= 0.6 is 0 Å². The van der Waals surface area contributed by atoms with Crippen molar-refractivity contribution in [1.82, 2.24) is 4.98 Å². The third kappa shape index (κ3) is 1.95. The van der Waals surface area contributed by atoms with Gasteiger partial charge in [0.1, 0.15) is 11.3 Å². The van der Waals surface area contributed by atoms with E-state index in [-0.39, 0.29) is 5.43 Å². The molecule has 0 aliphatic carbocycles. The molecular formula is C19H13NO2. The lowest BCUT2D eigenvalue weighted by atomic mass is 10.0. The quantitative estimate of drug-likeness (QED) is 0.592. The molecule has 0 spiro atoms. The average molecular weight is 287 g/mol. The van der Waals surface area contributed by atoms with Crippen LogP contribution in [0.3, 0.4) is 0 Å². The highest BCUT2D eigenvalue weighted by Gasteiger charge is 2.17. The second kappa shape index (κ2) is 5.04. The van der Waals surface area contributed by atoms with Crippen molar-refractivity contribution in [2.24, 2.45) is 0 Å². The summed E-state index contributed by atoms with van der Waals surface area (Å²) in [6, 6.07) is 18.9. The molecular weight excluding hydrogens is 274 g/mol. The fourth-order valence-corrected chi connectivity index (χ4v) is 2.68. The Labute approximate surface area is 126 Å². The van der Waals surface area contributed by atoms with Gasteiger partial charge in [-0.1, -0.05) is 42.5 Å². The number of aromatic amines is 1. The van der Waals surface area contributed by atoms with Crippen molar-refractivity contribution in [3.8, 4) is 22.5 Å². The van der Waals surface area contributed by atoms with Gasteiger partial charge >= 0.3 is 0 Å². The molecule has 0 fully saturated rings. The minimum atomic E-state index is -0.0136. The van der Waals surface area contributed by atoms with E-state index in [0.717, 1.165) is 11.1 Å². The fraction of sp³-hybridized carbons (Fsp3) is 0. The standard InChI is InChI=1S/C19H13NO2/c21-18-15-8-4-5-9-16(15)22-19(13-6-2-1-3-7-13)17(18)14-10-11-20-12-14/h1-12,20H. The minimum Gasteiger partial charge on any atom is -0.455 e. The molecule has 4 aromatic rings. The Morgan fingerprint density at radius 2 is 1.59 bits per heavy atom. The van der Waals surface area contributed by atoms with Gasteiger partial charge < -0.3 is 9.40 Å².